The molecule has 2 N–H and O–H groups in total. The number of hydrogen-bond acceptors (Lipinski definition) is 6. The van der Waals surface area contributed by atoms with E-state index in [1.807, 2.05) is 4.90 Å². The molecule has 30 heavy (non-hydrogen) atoms. The summed E-state index contributed by atoms with van der Waals surface area (Å²) in [5, 5.41) is 17.2. The predicted octanol–water partition coefficient (Wildman–Crippen LogP) is 2.58. The van der Waals surface area contributed by atoms with Crippen LogP contribution in [0.25, 0.3) is 0 Å². The van der Waals surface area contributed by atoms with Gasteiger partial charge in [0, 0.05) is 30.8 Å². The van der Waals surface area contributed by atoms with Crippen LogP contribution in [0.3, 0.4) is 0 Å². The van der Waals surface area contributed by atoms with Gasteiger partial charge >= 0.3 is 0 Å². The molecule has 2 aromatic carbocycles. The van der Waals surface area contributed by atoms with Crippen molar-refractivity contribution in [1.82, 2.24) is 5.32 Å². The quantitative estimate of drug-likeness (QED) is 0.559. The molecule has 1 heterocycles. The van der Waals surface area contributed by atoms with Crippen LogP contribution < -0.4 is 15.5 Å². The first-order valence-corrected chi connectivity index (χ1v) is 9.85. The van der Waals surface area contributed by atoms with Crippen molar-refractivity contribution in [3.8, 4) is 0 Å². The maximum Gasteiger partial charge on any atom is 0.293 e. The lowest BCUT2D eigenvalue weighted by atomic mass is 10.1. The van der Waals surface area contributed by atoms with Crippen LogP contribution in [0.4, 0.5) is 17.1 Å². The molecule has 156 valence electrons. The summed E-state index contributed by atoms with van der Waals surface area (Å²) >= 11 is 0. The smallest absolute Gasteiger partial charge is 0.293 e. The van der Waals surface area contributed by atoms with Crippen molar-refractivity contribution < 1.29 is 19.2 Å². The van der Waals surface area contributed by atoms with Crippen LogP contribution in [0.15, 0.2) is 42.5 Å². The lowest BCUT2D eigenvalue weighted by Crippen LogP contribution is -2.36. The molecule has 2 amide bonds. The van der Waals surface area contributed by atoms with E-state index >= 15 is 0 Å². The van der Waals surface area contributed by atoms with Crippen LogP contribution in [0.1, 0.15) is 33.6 Å². The number of carbonyl (C=O) groups is 2. The summed E-state index contributed by atoms with van der Waals surface area (Å²) in [5.74, 6) is -0.764. The average molecular weight is 410 g/mol. The molecule has 0 aromatic heterocycles. The number of para-hydroxylation sites is 1. The van der Waals surface area contributed by atoms with Crippen molar-refractivity contribution in [2.45, 2.75) is 18.9 Å². The molecule has 0 spiro atoms. The Bertz CT molecular complexity index is 983. The Morgan fingerprint density at radius 1 is 1.07 bits per heavy atom. The van der Waals surface area contributed by atoms with Crippen LogP contribution >= 0.6 is 0 Å². The molecule has 0 unspecified atom stereocenters. The maximum absolute atomic E-state index is 12.8. The normalized spacial score (nSPS) is 16.1. The monoisotopic (exact) mass is 410 g/mol. The number of ether oxygens (including phenoxy) is 1. The van der Waals surface area contributed by atoms with E-state index in [1.54, 1.807) is 36.4 Å². The zero-order valence-corrected chi connectivity index (χ0v) is 16.3. The minimum atomic E-state index is -0.515. The van der Waals surface area contributed by atoms with Gasteiger partial charge in [-0.2, -0.15) is 0 Å². The summed E-state index contributed by atoms with van der Waals surface area (Å²) in [5.41, 5.74) is 1.20. The molecule has 1 saturated carbocycles. The number of amides is 2. The molecule has 4 rings (SSSR count). The molecule has 1 saturated heterocycles. The van der Waals surface area contributed by atoms with Crippen molar-refractivity contribution in [3.63, 3.8) is 0 Å². The first-order chi connectivity index (χ1) is 14.5. The fourth-order valence-corrected chi connectivity index (χ4v) is 3.36. The van der Waals surface area contributed by atoms with Crippen LogP contribution in [0.5, 0.6) is 0 Å². The van der Waals surface area contributed by atoms with Crippen molar-refractivity contribution >= 4 is 28.9 Å². The van der Waals surface area contributed by atoms with Gasteiger partial charge in [0.25, 0.3) is 17.5 Å². The predicted molar refractivity (Wildman–Crippen MR) is 111 cm³/mol. The first-order valence-electron chi connectivity index (χ1n) is 9.85. The number of nitro groups is 1. The number of anilines is 2. The molecule has 1 aliphatic heterocycles. The van der Waals surface area contributed by atoms with E-state index in [4.69, 9.17) is 4.74 Å². The Labute approximate surface area is 173 Å². The van der Waals surface area contributed by atoms with Gasteiger partial charge in [-0.15, -0.1) is 0 Å². The molecule has 2 fully saturated rings. The highest BCUT2D eigenvalue weighted by Crippen LogP contribution is 2.30. The number of nitrogens with zero attached hydrogens (tertiary/aromatic N) is 2. The van der Waals surface area contributed by atoms with E-state index in [-0.39, 0.29) is 23.2 Å². The third-order valence-electron chi connectivity index (χ3n) is 5.12. The van der Waals surface area contributed by atoms with E-state index in [0.29, 0.717) is 43.2 Å². The Morgan fingerprint density at radius 2 is 1.80 bits per heavy atom. The Hall–Kier alpha value is -3.46. The number of hydrogen-bond donors (Lipinski definition) is 2. The van der Waals surface area contributed by atoms with Crippen molar-refractivity contribution in [2.24, 2.45) is 0 Å². The molecule has 2 aliphatic rings. The summed E-state index contributed by atoms with van der Waals surface area (Å²) in [6.45, 7) is 2.10. The second-order valence-electron chi connectivity index (χ2n) is 7.31. The Kier molecular flexibility index (Phi) is 5.62. The number of benzene rings is 2. The van der Waals surface area contributed by atoms with Crippen LogP contribution in [0, 0.1) is 10.1 Å². The zero-order chi connectivity index (χ0) is 21.1. The number of nitrogens with one attached hydrogen (secondary N) is 2. The minimum Gasteiger partial charge on any atom is -0.378 e. The van der Waals surface area contributed by atoms with Crippen LogP contribution in [0.2, 0.25) is 0 Å². The van der Waals surface area contributed by atoms with Gasteiger partial charge < -0.3 is 20.3 Å². The molecule has 1 aliphatic carbocycles. The Balaban J connectivity index is 1.56. The van der Waals surface area contributed by atoms with E-state index in [1.165, 1.54) is 6.07 Å². The summed E-state index contributed by atoms with van der Waals surface area (Å²) < 4.78 is 5.30. The van der Waals surface area contributed by atoms with Gasteiger partial charge in [0.1, 0.15) is 5.69 Å². The van der Waals surface area contributed by atoms with Gasteiger partial charge in [0.15, 0.2) is 0 Å². The molecule has 9 nitrogen and oxygen atoms in total. The highest BCUT2D eigenvalue weighted by atomic mass is 16.6. The summed E-state index contributed by atoms with van der Waals surface area (Å²) in [4.78, 5) is 38.2. The highest BCUT2D eigenvalue weighted by molar-refractivity contribution is 6.09. The van der Waals surface area contributed by atoms with E-state index in [9.17, 15) is 19.7 Å². The number of nitro benzene ring substituents is 1. The third-order valence-corrected chi connectivity index (χ3v) is 5.12. The standard InChI is InChI=1S/C21H22N4O5/c26-20(23-17-4-2-1-3-16(17)21(27)22-15-6-7-15)14-5-8-18(19(13-14)25(28)29)24-9-11-30-12-10-24/h1-5,8,13,15H,6-7,9-12H2,(H,22,27)(H,23,26). The summed E-state index contributed by atoms with van der Waals surface area (Å²) in [6, 6.07) is 11.3. The van der Waals surface area contributed by atoms with Gasteiger partial charge in [-0.3, -0.25) is 19.7 Å². The fraction of sp³-hybridized carbons (Fsp3) is 0.333. The molecule has 0 radical (unpaired) electrons. The topological polar surface area (TPSA) is 114 Å². The van der Waals surface area contributed by atoms with Gasteiger partial charge in [-0.05, 0) is 37.1 Å². The number of morpholine rings is 1. The second kappa shape index (κ2) is 8.50. The largest absolute Gasteiger partial charge is 0.378 e. The van der Waals surface area contributed by atoms with E-state index < -0.39 is 10.8 Å². The lowest BCUT2D eigenvalue weighted by molar-refractivity contribution is -0.384. The molecule has 9 heteroatoms. The van der Waals surface area contributed by atoms with Gasteiger partial charge in [-0.25, -0.2) is 0 Å². The van der Waals surface area contributed by atoms with Crippen LogP contribution in [-0.2, 0) is 4.74 Å². The zero-order valence-electron chi connectivity index (χ0n) is 16.3. The third kappa shape index (κ3) is 4.41. The molecule has 0 bridgehead atoms. The summed E-state index contributed by atoms with van der Waals surface area (Å²) in [6.07, 6.45) is 1.92. The highest BCUT2D eigenvalue weighted by Gasteiger charge is 2.26. The lowest BCUT2D eigenvalue weighted by Gasteiger charge is -2.28. The molecular formula is C21H22N4O5. The van der Waals surface area contributed by atoms with Crippen molar-refractivity contribution in [1.29, 1.82) is 0 Å². The van der Waals surface area contributed by atoms with Crippen LogP contribution in [-0.4, -0.2) is 49.1 Å². The first kappa shape index (κ1) is 19.8. The minimum absolute atomic E-state index is 0.135. The van der Waals surface area contributed by atoms with Crippen molar-refractivity contribution in [2.75, 3.05) is 36.5 Å². The number of carbonyl (C=O) groups excluding carboxylic acids is 2. The SMILES string of the molecule is O=C(Nc1ccccc1C(=O)NC1CC1)c1ccc(N2CCOCC2)c([N+](=O)[O-])c1. The van der Waals surface area contributed by atoms with E-state index in [0.717, 1.165) is 12.8 Å². The van der Waals surface area contributed by atoms with Gasteiger partial charge in [0.2, 0.25) is 0 Å². The molecular weight excluding hydrogens is 388 g/mol. The van der Waals surface area contributed by atoms with Gasteiger partial charge in [0.05, 0.1) is 29.4 Å². The average Bonchev–Trinajstić information content (AvgIpc) is 3.58. The second-order valence-corrected chi connectivity index (χ2v) is 7.31. The summed E-state index contributed by atoms with van der Waals surface area (Å²) in [7, 11) is 0. The molecule has 2 aromatic rings. The Morgan fingerprint density at radius 3 is 2.50 bits per heavy atom. The maximum atomic E-state index is 12.8. The number of rotatable bonds is 6. The fourth-order valence-electron chi connectivity index (χ4n) is 3.36. The van der Waals surface area contributed by atoms with E-state index in [2.05, 4.69) is 10.6 Å². The molecule has 0 atom stereocenters. The van der Waals surface area contributed by atoms with Crippen molar-refractivity contribution in [3.05, 3.63) is 63.7 Å². The van der Waals surface area contributed by atoms with Gasteiger partial charge in [-0.1, -0.05) is 12.1 Å².